The molecule has 1 aliphatic heterocycles. The summed E-state index contributed by atoms with van der Waals surface area (Å²) in [6.45, 7) is 1.02. The zero-order valence-electron chi connectivity index (χ0n) is 17.1. The van der Waals surface area contributed by atoms with Gasteiger partial charge in [0.2, 0.25) is 5.91 Å². The molecule has 1 fully saturated rings. The maximum atomic E-state index is 13.8. The molecule has 30 heavy (non-hydrogen) atoms. The van der Waals surface area contributed by atoms with Crippen LogP contribution in [-0.2, 0) is 11.2 Å². The second kappa shape index (κ2) is 10.2. The molecule has 7 heteroatoms. The Morgan fingerprint density at radius 1 is 1.27 bits per heavy atom. The van der Waals surface area contributed by atoms with E-state index < -0.39 is 6.04 Å². The van der Waals surface area contributed by atoms with Crippen molar-refractivity contribution in [3.63, 3.8) is 0 Å². The summed E-state index contributed by atoms with van der Waals surface area (Å²) in [5.41, 5.74) is 7.14. The summed E-state index contributed by atoms with van der Waals surface area (Å²) in [6.07, 6.45) is 2.17. The minimum absolute atomic E-state index is 0.0584. The topological polar surface area (TPSA) is 84.7 Å². The molecule has 0 aliphatic carbocycles. The Labute approximate surface area is 176 Å². The van der Waals surface area contributed by atoms with Gasteiger partial charge >= 0.3 is 0 Å². The van der Waals surface area contributed by atoms with Crippen LogP contribution in [0.1, 0.15) is 35.2 Å². The van der Waals surface area contributed by atoms with Gasteiger partial charge in [0.25, 0.3) is 5.91 Å². The highest BCUT2D eigenvalue weighted by Crippen LogP contribution is 2.19. The Balaban J connectivity index is 1.52. The summed E-state index contributed by atoms with van der Waals surface area (Å²) >= 11 is 0. The van der Waals surface area contributed by atoms with Crippen molar-refractivity contribution >= 4 is 11.8 Å². The first-order valence-corrected chi connectivity index (χ1v) is 10.2. The molecule has 0 radical (unpaired) electrons. The fraction of sp³-hybridized carbons (Fsp3) is 0.391. The first kappa shape index (κ1) is 21.8. The number of nitrogens with one attached hydrogen (secondary N) is 1. The van der Waals surface area contributed by atoms with E-state index in [9.17, 15) is 14.0 Å². The molecule has 6 nitrogen and oxygen atoms in total. The van der Waals surface area contributed by atoms with E-state index in [0.717, 1.165) is 12.8 Å². The van der Waals surface area contributed by atoms with Crippen LogP contribution < -0.4 is 15.8 Å². The lowest BCUT2D eigenvalue weighted by molar-refractivity contribution is -0.132. The zero-order chi connectivity index (χ0) is 21.5. The molecule has 1 heterocycles. The monoisotopic (exact) mass is 413 g/mol. The minimum atomic E-state index is -0.456. The number of nitrogens with two attached hydrogens (primary N) is 1. The lowest BCUT2D eigenvalue weighted by Crippen LogP contribution is -2.45. The molecule has 160 valence electrons. The van der Waals surface area contributed by atoms with Gasteiger partial charge in [-0.1, -0.05) is 24.3 Å². The Bertz CT molecular complexity index is 890. The van der Waals surface area contributed by atoms with Gasteiger partial charge in [0, 0.05) is 37.2 Å². The number of rotatable bonds is 8. The van der Waals surface area contributed by atoms with E-state index in [0.29, 0.717) is 36.4 Å². The Morgan fingerprint density at radius 3 is 2.83 bits per heavy atom. The van der Waals surface area contributed by atoms with E-state index in [1.54, 1.807) is 54.5 Å². The van der Waals surface area contributed by atoms with Gasteiger partial charge in [-0.3, -0.25) is 9.59 Å². The van der Waals surface area contributed by atoms with Crippen molar-refractivity contribution < 1.29 is 18.7 Å². The van der Waals surface area contributed by atoms with Crippen molar-refractivity contribution in [2.75, 3.05) is 20.2 Å². The lowest BCUT2D eigenvalue weighted by atomic mass is 10.0. The van der Waals surface area contributed by atoms with Gasteiger partial charge in [0.1, 0.15) is 11.6 Å². The van der Waals surface area contributed by atoms with Crippen LogP contribution in [0.3, 0.4) is 0 Å². The predicted molar refractivity (Wildman–Crippen MR) is 113 cm³/mol. The van der Waals surface area contributed by atoms with Crippen molar-refractivity contribution in [1.82, 2.24) is 10.2 Å². The predicted octanol–water partition coefficient (Wildman–Crippen LogP) is 2.52. The summed E-state index contributed by atoms with van der Waals surface area (Å²) in [5, 5.41) is 2.91. The number of carbonyl (C=O) groups excluding carboxylic acids is 2. The summed E-state index contributed by atoms with van der Waals surface area (Å²) in [4.78, 5) is 27.0. The quantitative estimate of drug-likeness (QED) is 0.697. The van der Waals surface area contributed by atoms with Crippen LogP contribution >= 0.6 is 0 Å². The van der Waals surface area contributed by atoms with Gasteiger partial charge in [-0.2, -0.15) is 0 Å². The van der Waals surface area contributed by atoms with Crippen LogP contribution in [0, 0.1) is 5.82 Å². The molecule has 2 aromatic carbocycles. The molecule has 3 rings (SSSR count). The average Bonchev–Trinajstić information content (AvgIpc) is 3.22. The molecule has 2 aromatic rings. The molecule has 2 amide bonds. The second-order valence-electron chi connectivity index (χ2n) is 7.58. The Kier molecular flexibility index (Phi) is 7.41. The van der Waals surface area contributed by atoms with Crippen molar-refractivity contribution in [3.05, 3.63) is 65.5 Å². The second-order valence-corrected chi connectivity index (χ2v) is 7.58. The van der Waals surface area contributed by atoms with Crippen molar-refractivity contribution in [2.45, 2.75) is 37.8 Å². The molecular formula is C23H28FN3O3. The van der Waals surface area contributed by atoms with Crippen LogP contribution in [0.15, 0.2) is 48.5 Å². The number of ether oxygens (including phenoxy) is 1. The number of nitrogens with zero attached hydrogens (tertiary/aromatic N) is 1. The van der Waals surface area contributed by atoms with E-state index in [-0.39, 0.29) is 30.1 Å². The highest BCUT2D eigenvalue weighted by molar-refractivity contribution is 5.94. The molecular weight excluding hydrogens is 385 g/mol. The summed E-state index contributed by atoms with van der Waals surface area (Å²) in [5.74, 6) is 0.0466. The fourth-order valence-corrected chi connectivity index (χ4v) is 3.81. The number of halogens is 1. The number of amides is 2. The lowest BCUT2D eigenvalue weighted by Gasteiger charge is -2.26. The highest BCUT2D eigenvalue weighted by atomic mass is 19.1. The largest absolute Gasteiger partial charge is 0.497 e. The van der Waals surface area contributed by atoms with Gasteiger partial charge in [-0.25, -0.2) is 4.39 Å². The van der Waals surface area contributed by atoms with Crippen LogP contribution in [0.25, 0.3) is 0 Å². The third-order valence-electron chi connectivity index (χ3n) is 5.40. The van der Waals surface area contributed by atoms with Crippen LogP contribution in [0.4, 0.5) is 4.39 Å². The van der Waals surface area contributed by atoms with Crippen LogP contribution in [-0.4, -0.2) is 49.0 Å². The average molecular weight is 413 g/mol. The number of hydrogen-bond donors (Lipinski definition) is 2. The molecule has 3 N–H and O–H groups in total. The molecule has 1 saturated heterocycles. The van der Waals surface area contributed by atoms with E-state index in [2.05, 4.69) is 5.32 Å². The number of hydrogen-bond acceptors (Lipinski definition) is 4. The van der Waals surface area contributed by atoms with E-state index in [1.807, 2.05) is 0 Å². The highest BCUT2D eigenvalue weighted by Gasteiger charge is 2.29. The van der Waals surface area contributed by atoms with Gasteiger partial charge in [-0.05, 0) is 49.1 Å². The number of likely N-dealkylation sites (tertiary alicyclic amines) is 1. The molecule has 0 aromatic heterocycles. The summed E-state index contributed by atoms with van der Waals surface area (Å²) in [7, 11) is 1.55. The molecule has 0 spiro atoms. The molecule has 0 bridgehead atoms. The molecule has 1 aliphatic rings. The fourth-order valence-electron chi connectivity index (χ4n) is 3.81. The first-order valence-electron chi connectivity index (χ1n) is 10.2. The standard InChI is InChI=1S/C23H28FN3O3/c1-30-20-9-4-7-17(13-20)23(29)26-15-19-8-5-11-27(19)22(28)14-18(25)12-16-6-2-3-10-21(16)24/h2-4,6-7,9-10,13,18-19H,5,8,11-12,14-15,25H2,1H3,(H,26,29)/t18?,19-/m0/s1. The first-order chi connectivity index (χ1) is 14.5. The molecule has 2 atom stereocenters. The number of methoxy groups -OCH3 is 1. The van der Waals surface area contributed by atoms with Gasteiger partial charge in [-0.15, -0.1) is 0 Å². The Morgan fingerprint density at radius 2 is 2.07 bits per heavy atom. The maximum absolute atomic E-state index is 13.8. The molecule has 0 saturated carbocycles. The summed E-state index contributed by atoms with van der Waals surface area (Å²) in [6, 6.07) is 12.9. The normalized spacial score (nSPS) is 16.9. The third kappa shape index (κ3) is 5.57. The van der Waals surface area contributed by atoms with E-state index >= 15 is 0 Å². The van der Waals surface area contributed by atoms with Crippen molar-refractivity contribution in [3.8, 4) is 5.75 Å². The van der Waals surface area contributed by atoms with Crippen molar-refractivity contribution in [1.29, 1.82) is 0 Å². The molecule has 1 unspecified atom stereocenters. The Hall–Kier alpha value is -2.93. The minimum Gasteiger partial charge on any atom is -0.497 e. The smallest absolute Gasteiger partial charge is 0.251 e. The van der Waals surface area contributed by atoms with Crippen LogP contribution in [0.5, 0.6) is 5.75 Å². The van der Waals surface area contributed by atoms with Crippen molar-refractivity contribution in [2.24, 2.45) is 5.73 Å². The van der Waals surface area contributed by atoms with Gasteiger partial charge < -0.3 is 20.7 Å². The number of carbonyl (C=O) groups is 2. The zero-order valence-corrected chi connectivity index (χ0v) is 17.1. The van der Waals surface area contributed by atoms with Gasteiger partial charge in [0.15, 0.2) is 0 Å². The third-order valence-corrected chi connectivity index (χ3v) is 5.40. The number of benzene rings is 2. The van der Waals surface area contributed by atoms with Crippen LogP contribution in [0.2, 0.25) is 0 Å². The maximum Gasteiger partial charge on any atom is 0.251 e. The van der Waals surface area contributed by atoms with E-state index in [1.165, 1.54) is 6.07 Å². The van der Waals surface area contributed by atoms with E-state index in [4.69, 9.17) is 10.5 Å². The summed E-state index contributed by atoms with van der Waals surface area (Å²) < 4.78 is 19.0. The SMILES string of the molecule is COc1cccc(C(=O)NC[C@@H]2CCCN2C(=O)CC(N)Cc2ccccc2F)c1. The van der Waals surface area contributed by atoms with Gasteiger partial charge in [0.05, 0.1) is 7.11 Å².